The second-order valence-electron chi connectivity index (χ2n) is 4.06. The van der Waals surface area contributed by atoms with Crippen molar-refractivity contribution in [3.63, 3.8) is 0 Å². The fourth-order valence-electron chi connectivity index (χ4n) is 2.10. The van der Waals surface area contributed by atoms with E-state index in [1.165, 1.54) is 22.3 Å². The van der Waals surface area contributed by atoms with Gasteiger partial charge in [-0.15, -0.1) is 0 Å². The van der Waals surface area contributed by atoms with Gasteiger partial charge >= 0.3 is 0 Å². The number of rotatable bonds is 1. The predicted octanol–water partition coefficient (Wildman–Crippen LogP) is 3.33. The lowest BCUT2D eigenvalue weighted by Gasteiger charge is -2.11. The summed E-state index contributed by atoms with van der Waals surface area (Å²) in [7, 11) is 0. The molecule has 1 aliphatic heterocycles. The fourth-order valence-corrected chi connectivity index (χ4v) is 2.10. The summed E-state index contributed by atoms with van der Waals surface area (Å²) in [5.41, 5.74) is 5.22. The molecule has 0 aromatic heterocycles. The van der Waals surface area contributed by atoms with E-state index in [-0.39, 0.29) is 0 Å². The maximum Gasteiger partial charge on any atom is 0.0430 e. The van der Waals surface area contributed by atoms with Crippen LogP contribution in [-0.2, 0) is 6.42 Å². The lowest BCUT2D eigenvalue weighted by molar-refractivity contribution is 0.953. The molecule has 1 nitrogen and oxygen atoms in total. The SMILES string of the molecule is C1=NCCc2ccc(-c3ccccc3)cc21. The van der Waals surface area contributed by atoms with Gasteiger partial charge in [0, 0.05) is 12.8 Å². The molecule has 1 heterocycles. The van der Waals surface area contributed by atoms with Crippen molar-refractivity contribution in [2.45, 2.75) is 6.42 Å². The lowest BCUT2D eigenvalue weighted by atomic mass is 9.97. The molecule has 0 unspecified atom stereocenters. The summed E-state index contributed by atoms with van der Waals surface area (Å²) in [6, 6.07) is 17.1. The quantitative estimate of drug-likeness (QED) is 0.680. The van der Waals surface area contributed by atoms with E-state index in [9.17, 15) is 0 Å². The average Bonchev–Trinajstić information content (AvgIpc) is 2.39. The van der Waals surface area contributed by atoms with E-state index in [2.05, 4.69) is 47.5 Å². The molecule has 1 aliphatic rings. The van der Waals surface area contributed by atoms with Gasteiger partial charge in [-0.3, -0.25) is 4.99 Å². The number of fused-ring (bicyclic) bond motifs is 1. The molecule has 0 spiro atoms. The lowest BCUT2D eigenvalue weighted by Crippen LogP contribution is -2.02. The molecular weight excluding hydrogens is 194 g/mol. The monoisotopic (exact) mass is 207 g/mol. The highest BCUT2D eigenvalue weighted by Gasteiger charge is 2.06. The Morgan fingerprint density at radius 1 is 0.875 bits per heavy atom. The van der Waals surface area contributed by atoms with Crippen LogP contribution in [0.4, 0.5) is 0 Å². The first kappa shape index (κ1) is 9.34. The minimum Gasteiger partial charge on any atom is -0.292 e. The summed E-state index contributed by atoms with van der Waals surface area (Å²) in [6.07, 6.45) is 3.06. The van der Waals surface area contributed by atoms with Crippen molar-refractivity contribution < 1.29 is 0 Å². The molecule has 2 aromatic carbocycles. The number of benzene rings is 2. The second kappa shape index (κ2) is 3.93. The molecule has 0 aliphatic carbocycles. The van der Waals surface area contributed by atoms with Gasteiger partial charge in [-0.25, -0.2) is 0 Å². The highest BCUT2D eigenvalue weighted by Crippen LogP contribution is 2.23. The van der Waals surface area contributed by atoms with Gasteiger partial charge < -0.3 is 0 Å². The van der Waals surface area contributed by atoms with Crippen LogP contribution < -0.4 is 0 Å². The van der Waals surface area contributed by atoms with E-state index < -0.39 is 0 Å². The van der Waals surface area contributed by atoms with Crippen LogP contribution in [0.1, 0.15) is 11.1 Å². The Bertz CT molecular complexity index is 526. The number of nitrogens with zero attached hydrogens (tertiary/aromatic N) is 1. The zero-order chi connectivity index (χ0) is 10.8. The summed E-state index contributed by atoms with van der Waals surface area (Å²) < 4.78 is 0. The molecule has 0 amide bonds. The summed E-state index contributed by atoms with van der Waals surface area (Å²) in [5.74, 6) is 0. The highest BCUT2D eigenvalue weighted by molar-refractivity contribution is 5.85. The molecular formula is C15H13N. The predicted molar refractivity (Wildman–Crippen MR) is 68.0 cm³/mol. The summed E-state index contributed by atoms with van der Waals surface area (Å²) in [5, 5.41) is 0. The molecule has 0 atom stereocenters. The zero-order valence-electron chi connectivity index (χ0n) is 9.06. The van der Waals surface area contributed by atoms with Crippen LogP contribution in [0.2, 0.25) is 0 Å². The standard InChI is InChI=1S/C15H13N/c1-2-4-12(5-3-1)14-7-6-13-8-9-16-11-15(13)10-14/h1-7,10-11H,8-9H2. The maximum absolute atomic E-state index is 4.33. The molecule has 78 valence electrons. The molecule has 0 fully saturated rings. The van der Waals surface area contributed by atoms with E-state index in [1.807, 2.05) is 12.3 Å². The normalized spacial score (nSPS) is 13.5. The van der Waals surface area contributed by atoms with Gasteiger partial charge in [-0.1, -0.05) is 42.5 Å². The minimum atomic E-state index is 0.928. The molecule has 0 saturated carbocycles. The molecule has 16 heavy (non-hydrogen) atoms. The van der Waals surface area contributed by atoms with E-state index in [1.54, 1.807) is 0 Å². The largest absolute Gasteiger partial charge is 0.292 e. The van der Waals surface area contributed by atoms with Crippen molar-refractivity contribution in [3.8, 4) is 11.1 Å². The van der Waals surface area contributed by atoms with Crippen LogP contribution in [0.5, 0.6) is 0 Å². The van der Waals surface area contributed by atoms with Crippen molar-refractivity contribution >= 4 is 6.21 Å². The van der Waals surface area contributed by atoms with E-state index in [0.717, 1.165) is 13.0 Å². The van der Waals surface area contributed by atoms with Gasteiger partial charge in [0.2, 0.25) is 0 Å². The van der Waals surface area contributed by atoms with Crippen molar-refractivity contribution in [1.82, 2.24) is 0 Å². The van der Waals surface area contributed by atoms with Gasteiger partial charge in [0.15, 0.2) is 0 Å². The molecule has 2 aromatic rings. The first-order chi connectivity index (χ1) is 7.93. The van der Waals surface area contributed by atoms with Gasteiger partial charge in [-0.2, -0.15) is 0 Å². The van der Waals surface area contributed by atoms with Gasteiger partial charge in [0.25, 0.3) is 0 Å². The van der Waals surface area contributed by atoms with Crippen LogP contribution in [0.15, 0.2) is 53.5 Å². The summed E-state index contributed by atoms with van der Waals surface area (Å²) in [6.45, 7) is 0.928. The molecule has 1 heteroatoms. The third-order valence-corrected chi connectivity index (χ3v) is 2.99. The third kappa shape index (κ3) is 1.65. The maximum atomic E-state index is 4.33. The minimum absolute atomic E-state index is 0.928. The van der Waals surface area contributed by atoms with E-state index in [4.69, 9.17) is 0 Å². The smallest absolute Gasteiger partial charge is 0.0430 e. The Morgan fingerprint density at radius 3 is 2.62 bits per heavy atom. The Kier molecular flexibility index (Phi) is 2.30. The van der Waals surface area contributed by atoms with Crippen LogP contribution in [0.3, 0.4) is 0 Å². The van der Waals surface area contributed by atoms with Gasteiger partial charge in [0.05, 0.1) is 0 Å². The van der Waals surface area contributed by atoms with Crippen LogP contribution in [-0.4, -0.2) is 12.8 Å². The van der Waals surface area contributed by atoms with Gasteiger partial charge in [0.1, 0.15) is 0 Å². The number of hydrogen-bond donors (Lipinski definition) is 0. The molecule has 3 rings (SSSR count). The topological polar surface area (TPSA) is 12.4 Å². The molecule has 0 bridgehead atoms. The van der Waals surface area contributed by atoms with Crippen molar-refractivity contribution in [1.29, 1.82) is 0 Å². The fraction of sp³-hybridized carbons (Fsp3) is 0.133. The third-order valence-electron chi connectivity index (χ3n) is 2.99. The first-order valence-electron chi connectivity index (χ1n) is 5.62. The van der Waals surface area contributed by atoms with Crippen molar-refractivity contribution in [2.24, 2.45) is 4.99 Å². The summed E-state index contributed by atoms with van der Waals surface area (Å²) >= 11 is 0. The average molecular weight is 207 g/mol. The summed E-state index contributed by atoms with van der Waals surface area (Å²) in [4.78, 5) is 4.33. The van der Waals surface area contributed by atoms with E-state index in [0.29, 0.717) is 0 Å². The van der Waals surface area contributed by atoms with Crippen LogP contribution >= 0.6 is 0 Å². The first-order valence-corrected chi connectivity index (χ1v) is 5.62. The second-order valence-corrected chi connectivity index (χ2v) is 4.06. The van der Waals surface area contributed by atoms with Crippen molar-refractivity contribution in [2.75, 3.05) is 6.54 Å². The van der Waals surface area contributed by atoms with Crippen LogP contribution in [0, 0.1) is 0 Å². The highest BCUT2D eigenvalue weighted by atomic mass is 14.7. The zero-order valence-corrected chi connectivity index (χ0v) is 9.06. The Hall–Kier alpha value is -1.89. The molecule has 0 radical (unpaired) electrons. The van der Waals surface area contributed by atoms with Gasteiger partial charge in [-0.05, 0) is 34.7 Å². The van der Waals surface area contributed by atoms with Crippen LogP contribution in [0.25, 0.3) is 11.1 Å². The molecule has 0 N–H and O–H groups in total. The number of hydrogen-bond acceptors (Lipinski definition) is 1. The Balaban J connectivity index is 2.08. The number of aliphatic imine (C=N–C) groups is 1. The van der Waals surface area contributed by atoms with Crippen molar-refractivity contribution in [3.05, 3.63) is 59.7 Å². The van der Waals surface area contributed by atoms with E-state index >= 15 is 0 Å². The molecule has 0 saturated heterocycles. The Labute approximate surface area is 95.5 Å². The Morgan fingerprint density at radius 2 is 1.75 bits per heavy atom.